The van der Waals surface area contributed by atoms with Gasteiger partial charge in [-0.1, -0.05) is 12.1 Å². The zero-order chi connectivity index (χ0) is 10.8. The van der Waals surface area contributed by atoms with Crippen LogP contribution in [0.1, 0.15) is 10.8 Å². The molecule has 0 unspecified atom stereocenters. The summed E-state index contributed by atoms with van der Waals surface area (Å²) < 4.78 is 5.55. The predicted octanol–water partition coefficient (Wildman–Crippen LogP) is 3.45. The molecule has 0 saturated heterocycles. The number of hydrogen-bond acceptors (Lipinski definition) is 4. The van der Waals surface area contributed by atoms with Gasteiger partial charge in [0.25, 0.3) is 0 Å². The molecular weight excluding hydrogens is 220 g/mol. The van der Waals surface area contributed by atoms with Crippen LogP contribution in [0.5, 0.6) is 0 Å². The molecule has 0 atom stereocenters. The molecule has 0 aliphatic heterocycles. The van der Waals surface area contributed by atoms with Gasteiger partial charge in [-0.05, 0) is 18.2 Å². The topological polar surface area (TPSA) is 38.9 Å². The molecule has 0 fully saturated rings. The van der Waals surface area contributed by atoms with Gasteiger partial charge >= 0.3 is 0 Å². The second kappa shape index (κ2) is 3.90. The van der Waals surface area contributed by atoms with Gasteiger partial charge in [-0.25, -0.2) is 4.98 Å². The number of aromatic nitrogens is 2. The Morgan fingerprint density at radius 3 is 2.94 bits per heavy atom. The van der Waals surface area contributed by atoms with Crippen molar-refractivity contribution in [1.29, 1.82) is 0 Å². The summed E-state index contributed by atoms with van der Waals surface area (Å²) in [5.41, 5.74) is 3.49. The lowest BCUT2D eigenvalue weighted by molar-refractivity contribution is 0.590. The lowest BCUT2D eigenvalue weighted by Gasteiger charge is -1.81. The van der Waals surface area contributed by atoms with E-state index in [2.05, 4.69) is 9.97 Å². The third-order valence-electron chi connectivity index (χ3n) is 2.15. The van der Waals surface area contributed by atoms with Crippen LogP contribution in [0.25, 0.3) is 23.3 Å². The number of hydrogen-bond donors (Lipinski definition) is 0. The van der Waals surface area contributed by atoms with Gasteiger partial charge in [0.1, 0.15) is 5.52 Å². The minimum Gasteiger partial charge on any atom is -0.437 e. The molecule has 16 heavy (non-hydrogen) atoms. The molecule has 0 aliphatic carbocycles. The van der Waals surface area contributed by atoms with E-state index in [4.69, 9.17) is 4.42 Å². The van der Waals surface area contributed by atoms with Gasteiger partial charge < -0.3 is 4.42 Å². The first-order valence-electron chi connectivity index (χ1n) is 4.84. The molecule has 3 rings (SSSR count). The molecule has 0 amide bonds. The van der Waals surface area contributed by atoms with Crippen molar-refractivity contribution >= 4 is 34.6 Å². The molecule has 3 nitrogen and oxygen atoms in total. The van der Waals surface area contributed by atoms with Crippen LogP contribution in [0, 0.1) is 0 Å². The van der Waals surface area contributed by atoms with E-state index in [1.54, 1.807) is 16.8 Å². The van der Waals surface area contributed by atoms with E-state index in [-0.39, 0.29) is 0 Å². The van der Waals surface area contributed by atoms with Crippen LogP contribution >= 0.6 is 11.3 Å². The molecule has 0 bridgehead atoms. The molecule has 0 spiro atoms. The van der Waals surface area contributed by atoms with E-state index in [9.17, 15) is 0 Å². The lowest BCUT2D eigenvalue weighted by Crippen LogP contribution is -1.68. The van der Waals surface area contributed by atoms with E-state index in [0.717, 1.165) is 16.0 Å². The molecule has 0 radical (unpaired) electrons. The maximum absolute atomic E-state index is 5.55. The number of nitrogens with zero attached hydrogens (tertiary/aromatic N) is 2. The summed E-state index contributed by atoms with van der Waals surface area (Å²) in [6.07, 6.45) is 5.61. The monoisotopic (exact) mass is 228 g/mol. The van der Waals surface area contributed by atoms with Gasteiger partial charge in [0.05, 0.1) is 5.51 Å². The summed E-state index contributed by atoms with van der Waals surface area (Å²) in [4.78, 5) is 9.42. The van der Waals surface area contributed by atoms with Gasteiger partial charge in [0, 0.05) is 17.2 Å². The van der Waals surface area contributed by atoms with Crippen molar-refractivity contribution in [3.8, 4) is 0 Å². The van der Waals surface area contributed by atoms with Gasteiger partial charge in [-0.15, -0.1) is 11.3 Å². The Morgan fingerprint density at radius 2 is 2.12 bits per heavy atom. The quantitative estimate of drug-likeness (QED) is 0.674. The average Bonchev–Trinajstić information content (AvgIpc) is 2.95. The van der Waals surface area contributed by atoms with E-state index < -0.39 is 0 Å². The van der Waals surface area contributed by atoms with Gasteiger partial charge in [0.15, 0.2) is 5.58 Å². The van der Waals surface area contributed by atoms with Crippen molar-refractivity contribution in [2.75, 3.05) is 0 Å². The van der Waals surface area contributed by atoms with Gasteiger partial charge in [-0.2, -0.15) is 0 Å². The summed E-state index contributed by atoms with van der Waals surface area (Å²) in [6, 6.07) is 7.72. The summed E-state index contributed by atoms with van der Waals surface area (Å²) in [5.74, 6) is 0.620. The highest BCUT2D eigenvalue weighted by atomic mass is 32.1. The first-order chi connectivity index (χ1) is 7.92. The SMILES string of the molecule is C(=Cc1cncs1)c1nc2ccccc2o1. The van der Waals surface area contributed by atoms with Crippen LogP contribution in [0.15, 0.2) is 40.4 Å². The highest BCUT2D eigenvalue weighted by Gasteiger charge is 2.00. The number of para-hydroxylation sites is 2. The Kier molecular flexibility index (Phi) is 2.27. The van der Waals surface area contributed by atoms with Crippen molar-refractivity contribution in [3.05, 3.63) is 46.7 Å². The van der Waals surface area contributed by atoms with E-state index in [1.807, 2.05) is 42.6 Å². The number of benzene rings is 1. The van der Waals surface area contributed by atoms with Crippen molar-refractivity contribution in [3.63, 3.8) is 0 Å². The van der Waals surface area contributed by atoms with E-state index in [1.165, 1.54) is 0 Å². The second-order valence-electron chi connectivity index (χ2n) is 3.26. The van der Waals surface area contributed by atoms with Crippen LogP contribution in [0.4, 0.5) is 0 Å². The van der Waals surface area contributed by atoms with Crippen LogP contribution in [0.2, 0.25) is 0 Å². The lowest BCUT2D eigenvalue weighted by atomic mass is 10.3. The number of rotatable bonds is 2. The standard InChI is InChI=1S/C12H8N2OS/c1-2-4-11-10(3-1)14-12(15-11)6-5-9-7-13-8-16-9/h1-8H. The minimum atomic E-state index is 0.620. The fourth-order valence-electron chi connectivity index (χ4n) is 1.42. The molecule has 0 saturated carbocycles. The van der Waals surface area contributed by atoms with Crippen LogP contribution in [0.3, 0.4) is 0 Å². The minimum absolute atomic E-state index is 0.620. The molecule has 78 valence electrons. The fourth-order valence-corrected chi connectivity index (χ4v) is 1.93. The molecular formula is C12H8N2OS. The van der Waals surface area contributed by atoms with Crippen LogP contribution in [-0.4, -0.2) is 9.97 Å². The Labute approximate surface area is 96.1 Å². The zero-order valence-electron chi connectivity index (χ0n) is 8.33. The van der Waals surface area contributed by atoms with Crippen molar-refractivity contribution in [2.24, 2.45) is 0 Å². The molecule has 0 aliphatic rings. The largest absolute Gasteiger partial charge is 0.437 e. The Bertz CT molecular complexity index is 592. The molecule has 2 heterocycles. The maximum Gasteiger partial charge on any atom is 0.220 e. The Morgan fingerprint density at radius 1 is 1.19 bits per heavy atom. The zero-order valence-corrected chi connectivity index (χ0v) is 9.15. The van der Waals surface area contributed by atoms with Gasteiger partial charge in [0.2, 0.25) is 5.89 Å². The molecule has 2 aromatic heterocycles. The molecule has 4 heteroatoms. The van der Waals surface area contributed by atoms with Crippen molar-refractivity contribution in [1.82, 2.24) is 9.97 Å². The maximum atomic E-state index is 5.55. The third kappa shape index (κ3) is 1.75. The highest BCUT2D eigenvalue weighted by molar-refractivity contribution is 7.10. The fraction of sp³-hybridized carbons (Fsp3) is 0. The summed E-state index contributed by atoms with van der Waals surface area (Å²) in [6.45, 7) is 0. The van der Waals surface area contributed by atoms with Crippen molar-refractivity contribution < 1.29 is 4.42 Å². The summed E-state index contributed by atoms with van der Waals surface area (Å²) in [5, 5.41) is 0. The Hall–Kier alpha value is -1.94. The first kappa shape index (κ1) is 9.30. The summed E-state index contributed by atoms with van der Waals surface area (Å²) in [7, 11) is 0. The number of fused-ring (bicyclic) bond motifs is 1. The summed E-state index contributed by atoms with van der Waals surface area (Å²) >= 11 is 1.58. The highest BCUT2D eigenvalue weighted by Crippen LogP contribution is 2.17. The van der Waals surface area contributed by atoms with Gasteiger partial charge in [-0.3, -0.25) is 4.98 Å². The van der Waals surface area contributed by atoms with E-state index >= 15 is 0 Å². The van der Waals surface area contributed by atoms with E-state index in [0.29, 0.717) is 5.89 Å². The first-order valence-corrected chi connectivity index (χ1v) is 5.72. The Balaban J connectivity index is 1.95. The third-order valence-corrected chi connectivity index (χ3v) is 2.89. The van der Waals surface area contributed by atoms with Crippen LogP contribution < -0.4 is 0 Å². The second-order valence-corrected chi connectivity index (χ2v) is 4.17. The number of oxazole rings is 1. The molecule has 3 aromatic rings. The number of thiazole rings is 1. The smallest absolute Gasteiger partial charge is 0.220 e. The van der Waals surface area contributed by atoms with Crippen LogP contribution in [-0.2, 0) is 0 Å². The molecule has 1 aromatic carbocycles. The normalized spacial score (nSPS) is 11.5. The molecule has 0 N–H and O–H groups in total. The average molecular weight is 228 g/mol. The van der Waals surface area contributed by atoms with Crippen molar-refractivity contribution in [2.45, 2.75) is 0 Å². The predicted molar refractivity (Wildman–Crippen MR) is 65.1 cm³/mol.